The largest absolute Gasteiger partial charge is 0.494 e. The molecule has 0 atom stereocenters. The summed E-state index contributed by atoms with van der Waals surface area (Å²) in [6.07, 6.45) is 6.57. The summed E-state index contributed by atoms with van der Waals surface area (Å²) in [6.45, 7) is 6.88. The van der Waals surface area contributed by atoms with Gasteiger partial charge in [-0.1, -0.05) is 12.1 Å². The summed E-state index contributed by atoms with van der Waals surface area (Å²) in [5.74, 6) is 0.892. The van der Waals surface area contributed by atoms with Crippen molar-refractivity contribution in [3.63, 3.8) is 0 Å². The first-order valence-corrected chi connectivity index (χ1v) is 14.1. The normalized spacial score (nSPS) is 15.4. The van der Waals surface area contributed by atoms with Gasteiger partial charge in [0.2, 0.25) is 0 Å². The monoisotopic (exact) mass is 512 g/mol. The van der Waals surface area contributed by atoms with Gasteiger partial charge in [0.25, 0.3) is 0 Å². The summed E-state index contributed by atoms with van der Waals surface area (Å²) >= 11 is 1.75. The lowest BCUT2D eigenvalue weighted by molar-refractivity contribution is 0.259. The van der Waals surface area contributed by atoms with Gasteiger partial charge in [-0.05, 0) is 89.1 Å². The minimum absolute atomic E-state index is 0.288. The molecule has 37 heavy (non-hydrogen) atoms. The van der Waals surface area contributed by atoms with Crippen LogP contribution in [0.2, 0.25) is 0 Å². The Morgan fingerprint density at radius 3 is 2.51 bits per heavy atom. The van der Waals surface area contributed by atoms with Gasteiger partial charge in [-0.25, -0.2) is 14.8 Å². The van der Waals surface area contributed by atoms with Crippen molar-refractivity contribution >= 4 is 39.7 Å². The molecule has 7 heteroatoms. The summed E-state index contributed by atoms with van der Waals surface area (Å²) in [4.78, 5) is 22.7. The van der Waals surface area contributed by atoms with Crippen molar-refractivity contribution in [1.29, 1.82) is 0 Å². The maximum atomic E-state index is 12.3. The molecular formula is C30H32N4O2S. The van der Waals surface area contributed by atoms with Crippen LogP contribution in [0, 0.1) is 13.8 Å². The number of nitrogens with zero attached hydrogens (tertiary/aromatic N) is 3. The van der Waals surface area contributed by atoms with E-state index in [1.54, 1.807) is 11.3 Å². The molecule has 2 aromatic heterocycles. The number of rotatable bonds is 6. The molecule has 2 aliphatic carbocycles. The predicted octanol–water partition coefficient (Wildman–Crippen LogP) is 8.33. The maximum Gasteiger partial charge on any atom is 0.345 e. The number of fused-ring (bicyclic) bond motifs is 1. The first kappa shape index (κ1) is 23.9. The van der Waals surface area contributed by atoms with E-state index in [4.69, 9.17) is 9.72 Å². The molecule has 2 heterocycles. The number of hydrogen-bond donors (Lipinski definition) is 1. The van der Waals surface area contributed by atoms with Crippen LogP contribution in [0.3, 0.4) is 0 Å². The molecule has 2 saturated carbocycles. The topological polar surface area (TPSA) is 68.5 Å². The average Bonchev–Trinajstić information content (AvgIpc) is 3.32. The van der Waals surface area contributed by atoms with Gasteiger partial charge < -0.3 is 14.6 Å². The molecule has 0 bridgehead atoms. The van der Waals surface area contributed by atoms with Crippen molar-refractivity contribution in [1.82, 2.24) is 9.55 Å². The molecule has 4 aromatic rings. The van der Waals surface area contributed by atoms with Gasteiger partial charge in [-0.2, -0.15) is 0 Å². The number of carbonyl (C=O) groups is 1. The molecule has 0 aliphatic heterocycles. The molecule has 0 radical (unpaired) electrons. The number of hydrogen-bond acceptors (Lipinski definition) is 4. The standard InChI is InChI=1S/C30H32N4O2S/c1-4-36-24-15-16-25-26(17-24)34(23-9-6-10-23)28(27(25)29-31-18(2)19(3)37-29)20-11-13-22(14-12-20)33-30(35)32-21-7-5-8-21/h11-17,23H,4-10H2,1-3H3,(H,33,35). The number of aryl methyl sites for hydroxylation is 2. The third-order valence-electron chi connectivity index (χ3n) is 7.57. The van der Waals surface area contributed by atoms with E-state index in [1.165, 1.54) is 46.3 Å². The third kappa shape index (κ3) is 4.46. The summed E-state index contributed by atoms with van der Waals surface area (Å²) in [5.41, 5.74) is 7.50. The lowest BCUT2D eigenvalue weighted by atomic mass is 9.92. The Kier molecular flexibility index (Phi) is 6.32. The van der Waals surface area contributed by atoms with Crippen molar-refractivity contribution < 1.29 is 9.53 Å². The third-order valence-corrected chi connectivity index (χ3v) is 8.66. The molecule has 2 amide bonds. The minimum atomic E-state index is -0.288. The maximum absolute atomic E-state index is 12.3. The number of amides is 2. The Hall–Kier alpha value is -3.45. The van der Waals surface area contributed by atoms with E-state index in [-0.39, 0.29) is 6.03 Å². The summed E-state index contributed by atoms with van der Waals surface area (Å²) in [6, 6.07) is 14.8. The SMILES string of the molecule is CCOc1ccc2c(-c3nc(C)c(C)s3)c(-c3ccc(NC(=O)N=C4CCC4)cc3)n(C3CCC3)c2c1. The fourth-order valence-electron chi connectivity index (χ4n) is 5.10. The highest BCUT2D eigenvalue weighted by molar-refractivity contribution is 7.15. The van der Waals surface area contributed by atoms with Gasteiger partial charge >= 0.3 is 6.03 Å². The zero-order valence-corrected chi connectivity index (χ0v) is 22.5. The van der Waals surface area contributed by atoms with E-state index in [0.717, 1.165) is 52.7 Å². The molecule has 2 aliphatic rings. The highest BCUT2D eigenvalue weighted by Gasteiger charge is 2.29. The first-order valence-electron chi connectivity index (χ1n) is 13.2. The summed E-state index contributed by atoms with van der Waals surface area (Å²) in [7, 11) is 0. The smallest absolute Gasteiger partial charge is 0.345 e. The number of urea groups is 1. The van der Waals surface area contributed by atoms with E-state index in [0.29, 0.717) is 12.6 Å². The Balaban J connectivity index is 1.49. The lowest BCUT2D eigenvalue weighted by Gasteiger charge is -2.30. The van der Waals surface area contributed by atoms with Crippen LogP contribution in [0.25, 0.3) is 32.7 Å². The Morgan fingerprint density at radius 2 is 1.92 bits per heavy atom. The zero-order valence-electron chi connectivity index (χ0n) is 21.6. The highest BCUT2D eigenvalue weighted by atomic mass is 32.1. The zero-order chi connectivity index (χ0) is 25.5. The van der Waals surface area contributed by atoms with Crippen LogP contribution in [0.15, 0.2) is 47.5 Å². The Bertz CT molecular complexity index is 1480. The number of benzene rings is 2. The molecule has 0 unspecified atom stereocenters. The van der Waals surface area contributed by atoms with Gasteiger partial charge in [0, 0.05) is 39.3 Å². The predicted molar refractivity (Wildman–Crippen MR) is 152 cm³/mol. The first-order chi connectivity index (χ1) is 18.0. The minimum Gasteiger partial charge on any atom is -0.494 e. The summed E-state index contributed by atoms with van der Waals surface area (Å²) in [5, 5.41) is 5.17. The second-order valence-electron chi connectivity index (χ2n) is 9.99. The van der Waals surface area contributed by atoms with Crippen LogP contribution < -0.4 is 10.1 Å². The molecule has 1 N–H and O–H groups in total. The van der Waals surface area contributed by atoms with Gasteiger partial charge in [0.15, 0.2) is 0 Å². The Labute approximate surface area is 221 Å². The van der Waals surface area contributed by atoms with Gasteiger partial charge in [0.05, 0.1) is 23.5 Å². The quantitative estimate of drug-likeness (QED) is 0.282. The van der Waals surface area contributed by atoms with Crippen molar-refractivity contribution in [3.8, 4) is 27.6 Å². The van der Waals surface area contributed by atoms with Gasteiger partial charge in [-0.15, -0.1) is 11.3 Å². The molecular weight excluding hydrogens is 480 g/mol. The molecule has 6 rings (SSSR count). The fraction of sp³-hybridized carbons (Fsp3) is 0.367. The van der Waals surface area contributed by atoms with E-state index < -0.39 is 0 Å². The van der Waals surface area contributed by atoms with E-state index in [9.17, 15) is 4.79 Å². The molecule has 6 nitrogen and oxygen atoms in total. The number of aromatic nitrogens is 2. The number of carbonyl (C=O) groups excluding carboxylic acids is 1. The highest BCUT2D eigenvalue weighted by Crippen LogP contribution is 2.48. The van der Waals surface area contributed by atoms with Crippen LogP contribution in [-0.4, -0.2) is 27.9 Å². The average molecular weight is 513 g/mol. The van der Waals surface area contributed by atoms with Crippen LogP contribution in [0.5, 0.6) is 5.75 Å². The van der Waals surface area contributed by atoms with Crippen LogP contribution >= 0.6 is 11.3 Å². The van der Waals surface area contributed by atoms with Crippen LogP contribution in [-0.2, 0) is 0 Å². The number of nitrogens with one attached hydrogen (secondary N) is 1. The van der Waals surface area contributed by atoms with Crippen molar-refractivity contribution in [2.24, 2.45) is 4.99 Å². The molecule has 0 saturated heterocycles. The second kappa shape index (κ2) is 9.78. The number of thiazole rings is 1. The lowest BCUT2D eigenvalue weighted by Crippen LogP contribution is -2.18. The molecule has 190 valence electrons. The van der Waals surface area contributed by atoms with Crippen molar-refractivity contribution in [2.45, 2.75) is 65.3 Å². The van der Waals surface area contributed by atoms with E-state index >= 15 is 0 Å². The second-order valence-corrected chi connectivity index (χ2v) is 11.2. The van der Waals surface area contributed by atoms with Crippen LogP contribution in [0.4, 0.5) is 10.5 Å². The Morgan fingerprint density at radius 1 is 1.14 bits per heavy atom. The number of ether oxygens (including phenoxy) is 1. The molecule has 0 spiro atoms. The van der Waals surface area contributed by atoms with Gasteiger partial charge in [0.1, 0.15) is 10.8 Å². The summed E-state index contributed by atoms with van der Waals surface area (Å²) < 4.78 is 8.41. The van der Waals surface area contributed by atoms with Crippen molar-refractivity contribution in [3.05, 3.63) is 53.0 Å². The molecule has 2 aromatic carbocycles. The van der Waals surface area contributed by atoms with Crippen LogP contribution in [0.1, 0.15) is 62.1 Å². The van der Waals surface area contributed by atoms with E-state index in [1.807, 2.05) is 19.1 Å². The van der Waals surface area contributed by atoms with Gasteiger partial charge in [-0.3, -0.25) is 0 Å². The fourth-order valence-corrected chi connectivity index (χ4v) is 6.08. The number of aliphatic imine (C=N–C) groups is 1. The number of anilines is 1. The molecule has 2 fully saturated rings. The van der Waals surface area contributed by atoms with Crippen molar-refractivity contribution in [2.75, 3.05) is 11.9 Å². The van der Waals surface area contributed by atoms with E-state index in [2.05, 4.69) is 59.1 Å².